The number of allylic oxidation sites excluding steroid dienone is 1. The lowest BCUT2D eigenvalue weighted by molar-refractivity contribution is -0.136. The molecule has 14 heteroatoms. The average Bonchev–Trinajstić information content (AvgIpc) is 3.00. The van der Waals surface area contributed by atoms with Gasteiger partial charge in [0.05, 0.1) is 41.6 Å². The van der Waals surface area contributed by atoms with Crippen LogP contribution in [-0.2, 0) is 16.1 Å². The number of nitrogens with zero attached hydrogens (tertiary/aromatic N) is 1. The molecule has 45 heavy (non-hydrogen) atoms. The summed E-state index contributed by atoms with van der Waals surface area (Å²) in [5, 5.41) is 21.0. The molecule has 0 fully saturated rings. The maximum Gasteiger partial charge on any atom is 0.337 e. The summed E-state index contributed by atoms with van der Waals surface area (Å²) in [6.07, 6.45) is 0.245. The number of ether oxygens (including phenoxy) is 4. The molecule has 0 bridgehead atoms. The number of aliphatic hydroxyl groups is 1. The third kappa shape index (κ3) is 8.95. The van der Waals surface area contributed by atoms with Crippen LogP contribution in [0.1, 0.15) is 36.6 Å². The van der Waals surface area contributed by atoms with Gasteiger partial charge in [-0.15, -0.1) is 0 Å². The van der Waals surface area contributed by atoms with E-state index in [1.807, 2.05) is 12.1 Å². The Morgan fingerprint density at radius 3 is 2.42 bits per heavy atom. The van der Waals surface area contributed by atoms with Crippen LogP contribution in [0.5, 0.6) is 17.2 Å². The third-order valence-electron chi connectivity index (χ3n) is 6.43. The molecule has 1 aliphatic rings. The molecular formula is C31H31Cl3N4O7. The highest BCUT2D eigenvalue weighted by molar-refractivity contribution is 6.37. The van der Waals surface area contributed by atoms with E-state index in [0.717, 1.165) is 5.56 Å². The van der Waals surface area contributed by atoms with Gasteiger partial charge in [-0.2, -0.15) is 5.10 Å². The molecule has 0 aliphatic carbocycles. The number of carbonyl (C=O) groups excluding carboxylic acids is 2. The number of carbonyl (C=O) groups is 2. The number of nitrogens with one attached hydrogen (secondary N) is 3. The number of urea groups is 1. The van der Waals surface area contributed by atoms with Crippen molar-refractivity contribution in [2.24, 2.45) is 5.10 Å². The van der Waals surface area contributed by atoms with Gasteiger partial charge in [-0.1, -0.05) is 53.0 Å². The van der Waals surface area contributed by atoms with Gasteiger partial charge in [0.15, 0.2) is 23.5 Å². The molecule has 1 heterocycles. The van der Waals surface area contributed by atoms with Gasteiger partial charge < -0.3 is 34.7 Å². The molecule has 0 spiro atoms. The largest absolute Gasteiger partial charge is 0.490 e. The summed E-state index contributed by atoms with van der Waals surface area (Å²) in [4.78, 5) is 24.6. The Bertz CT molecular complexity index is 1580. The topological polar surface area (TPSA) is 140 Å². The van der Waals surface area contributed by atoms with Gasteiger partial charge in [-0.3, -0.25) is 5.43 Å². The standard InChI is InChI=1S/C31H31Cl3N4O7/c1-4-43-25-13-20(28-27(30(40)42-3)17(2)36-31(41)37-28)7-10-24(25)44-16-26(39)38-35-14-19-11-22(33)29(23(34)12-19)45-15-18-5-8-21(32)9-6-18/h5-14,26,28,38-39H,4,15-16H2,1-3H3,(H2,36,37,41)/b35-14-/t26-,28+/m1/s1. The molecule has 1 aliphatic heterocycles. The van der Waals surface area contributed by atoms with Crippen LogP contribution in [0, 0.1) is 0 Å². The maximum absolute atomic E-state index is 12.4. The third-order valence-corrected chi connectivity index (χ3v) is 7.24. The predicted molar refractivity (Wildman–Crippen MR) is 171 cm³/mol. The summed E-state index contributed by atoms with van der Waals surface area (Å²) < 4.78 is 22.2. The lowest BCUT2D eigenvalue weighted by Crippen LogP contribution is -2.45. The number of esters is 1. The van der Waals surface area contributed by atoms with Gasteiger partial charge in [0.25, 0.3) is 0 Å². The number of methoxy groups -OCH3 is 1. The quantitative estimate of drug-likeness (QED) is 0.0777. The van der Waals surface area contributed by atoms with Crippen molar-refractivity contribution in [2.75, 3.05) is 20.3 Å². The van der Waals surface area contributed by atoms with Gasteiger partial charge in [-0.25, -0.2) is 9.59 Å². The monoisotopic (exact) mass is 676 g/mol. The molecule has 0 unspecified atom stereocenters. The van der Waals surface area contributed by atoms with Gasteiger partial charge in [0.1, 0.15) is 13.2 Å². The number of rotatable bonds is 13. The van der Waals surface area contributed by atoms with E-state index >= 15 is 0 Å². The van der Waals surface area contributed by atoms with E-state index in [1.54, 1.807) is 56.3 Å². The smallest absolute Gasteiger partial charge is 0.337 e. The number of hydrazone groups is 1. The Morgan fingerprint density at radius 1 is 1.04 bits per heavy atom. The SMILES string of the molecule is CCOc1cc([C@@H]2NC(=O)NC(C)=C2C(=O)OC)ccc1OC[C@@H](O)N/N=C\c1cc(Cl)c(OCc2ccc(Cl)cc2)c(Cl)c1. The molecule has 0 radical (unpaired) electrons. The Morgan fingerprint density at radius 2 is 1.76 bits per heavy atom. The Balaban J connectivity index is 1.37. The first-order valence-electron chi connectivity index (χ1n) is 13.7. The van der Waals surface area contributed by atoms with Gasteiger partial charge >= 0.3 is 12.0 Å². The van der Waals surface area contributed by atoms with Gasteiger partial charge in [0, 0.05) is 10.7 Å². The van der Waals surface area contributed by atoms with E-state index in [2.05, 4.69) is 21.2 Å². The fourth-order valence-electron chi connectivity index (χ4n) is 4.35. The van der Waals surface area contributed by atoms with E-state index in [9.17, 15) is 14.7 Å². The highest BCUT2D eigenvalue weighted by atomic mass is 35.5. The lowest BCUT2D eigenvalue weighted by atomic mass is 9.95. The van der Waals surface area contributed by atoms with Crippen molar-refractivity contribution < 1.29 is 33.6 Å². The van der Waals surface area contributed by atoms with Crippen LogP contribution < -0.4 is 30.3 Å². The maximum atomic E-state index is 12.4. The Kier molecular flexibility index (Phi) is 11.8. The molecule has 238 valence electrons. The minimum atomic E-state index is -1.19. The zero-order chi connectivity index (χ0) is 32.5. The molecule has 2 amide bonds. The molecule has 4 rings (SSSR count). The Hall–Kier alpha value is -4.16. The second-order valence-electron chi connectivity index (χ2n) is 9.64. The van der Waals surface area contributed by atoms with Crippen molar-refractivity contribution in [3.63, 3.8) is 0 Å². The zero-order valence-electron chi connectivity index (χ0n) is 24.5. The average molecular weight is 678 g/mol. The minimum absolute atomic E-state index is 0.188. The molecule has 3 aromatic rings. The molecule has 0 saturated heterocycles. The molecule has 0 aromatic heterocycles. The van der Waals surface area contributed by atoms with Crippen molar-refractivity contribution >= 4 is 53.0 Å². The molecule has 0 saturated carbocycles. The van der Waals surface area contributed by atoms with Crippen molar-refractivity contribution in [2.45, 2.75) is 32.7 Å². The Labute approximate surface area is 275 Å². The lowest BCUT2D eigenvalue weighted by Gasteiger charge is -2.28. The summed E-state index contributed by atoms with van der Waals surface area (Å²) in [6.45, 7) is 3.80. The fraction of sp³-hybridized carbons (Fsp3) is 0.258. The molecule has 3 aromatic carbocycles. The van der Waals surface area contributed by atoms with Gasteiger partial charge in [-0.05, 0) is 66.9 Å². The van der Waals surface area contributed by atoms with Crippen molar-refractivity contribution in [3.05, 3.63) is 97.6 Å². The second kappa shape index (κ2) is 15.7. The number of hydrogen-bond acceptors (Lipinski definition) is 9. The summed E-state index contributed by atoms with van der Waals surface area (Å²) >= 11 is 18.7. The summed E-state index contributed by atoms with van der Waals surface area (Å²) in [5.41, 5.74) is 5.25. The van der Waals surface area contributed by atoms with E-state index in [0.29, 0.717) is 55.7 Å². The first-order valence-corrected chi connectivity index (χ1v) is 14.8. The first-order chi connectivity index (χ1) is 21.6. The second-order valence-corrected chi connectivity index (χ2v) is 10.9. The minimum Gasteiger partial charge on any atom is -0.490 e. The van der Waals surface area contributed by atoms with Crippen LogP contribution in [0.15, 0.2) is 71.0 Å². The van der Waals surface area contributed by atoms with E-state index in [-0.39, 0.29) is 18.8 Å². The van der Waals surface area contributed by atoms with Crippen LogP contribution in [0.25, 0.3) is 0 Å². The highest BCUT2D eigenvalue weighted by Crippen LogP contribution is 2.36. The number of hydrogen-bond donors (Lipinski definition) is 4. The number of amides is 2. The van der Waals surface area contributed by atoms with Crippen LogP contribution in [-0.4, -0.2) is 49.9 Å². The van der Waals surface area contributed by atoms with E-state index in [1.165, 1.54) is 13.3 Å². The van der Waals surface area contributed by atoms with Gasteiger partial charge in [0.2, 0.25) is 0 Å². The van der Waals surface area contributed by atoms with Crippen molar-refractivity contribution in [1.29, 1.82) is 0 Å². The van der Waals surface area contributed by atoms with E-state index in [4.69, 9.17) is 53.8 Å². The normalized spacial score (nSPS) is 15.3. The molecule has 2 atom stereocenters. The van der Waals surface area contributed by atoms with Crippen molar-refractivity contribution in [1.82, 2.24) is 16.1 Å². The van der Waals surface area contributed by atoms with E-state index < -0.39 is 24.3 Å². The summed E-state index contributed by atoms with van der Waals surface area (Å²) in [5.74, 6) is 0.431. The number of halogens is 3. The molecule has 11 nitrogen and oxygen atoms in total. The van der Waals surface area contributed by atoms with Crippen LogP contribution >= 0.6 is 34.8 Å². The van der Waals surface area contributed by atoms with Crippen molar-refractivity contribution in [3.8, 4) is 17.2 Å². The van der Waals surface area contributed by atoms with Crippen LogP contribution in [0.3, 0.4) is 0 Å². The summed E-state index contributed by atoms with van der Waals surface area (Å²) in [7, 11) is 1.27. The predicted octanol–water partition coefficient (Wildman–Crippen LogP) is 5.75. The fourth-order valence-corrected chi connectivity index (χ4v) is 5.09. The zero-order valence-corrected chi connectivity index (χ0v) is 26.8. The molecule has 4 N–H and O–H groups in total. The molecular weight excluding hydrogens is 647 g/mol. The number of aliphatic hydroxyl groups excluding tert-OH is 1. The van der Waals surface area contributed by atoms with Crippen LogP contribution in [0.4, 0.5) is 4.79 Å². The summed E-state index contributed by atoms with van der Waals surface area (Å²) in [6, 6.07) is 14.2. The first kappa shape index (κ1) is 33.7. The van der Waals surface area contributed by atoms with Crippen LogP contribution in [0.2, 0.25) is 15.1 Å². The number of benzene rings is 3. The highest BCUT2D eigenvalue weighted by Gasteiger charge is 2.32.